The Morgan fingerprint density at radius 2 is 2.00 bits per heavy atom. The summed E-state index contributed by atoms with van der Waals surface area (Å²) in [5.74, 6) is 6.11. The van der Waals surface area contributed by atoms with Gasteiger partial charge in [0.25, 0.3) is 0 Å². The first kappa shape index (κ1) is 12.3. The highest BCUT2D eigenvalue weighted by atomic mass is 15.4. The minimum Gasteiger partial charge on any atom is -0.384 e. The first-order chi connectivity index (χ1) is 9.81. The molecule has 8 heteroatoms. The van der Waals surface area contributed by atoms with Crippen molar-refractivity contribution in [3.05, 3.63) is 54.0 Å². The lowest BCUT2D eigenvalue weighted by Gasteiger charge is -2.16. The van der Waals surface area contributed by atoms with E-state index in [4.69, 9.17) is 11.6 Å². The molecule has 1 aromatic carbocycles. The van der Waals surface area contributed by atoms with Crippen LogP contribution in [0, 0.1) is 0 Å². The van der Waals surface area contributed by atoms with E-state index in [0.717, 1.165) is 16.9 Å². The third-order valence-corrected chi connectivity index (χ3v) is 3.05. The topological polar surface area (TPSA) is 123 Å². The number of H-pyrrole nitrogens is 1. The monoisotopic (exact) mass is 270 g/mol. The van der Waals surface area contributed by atoms with Crippen molar-refractivity contribution in [3.63, 3.8) is 0 Å². The summed E-state index contributed by atoms with van der Waals surface area (Å²) in [5, 5.41) is 14.6. The van der Waals surface area contributed by atoms with Gasteiger partial charge in [0.1, 0.15) is 5.82 Å². The van der Waals surface area contributed by atoms with Crippen LogP contribution in [-0.2, 0) is 0 Å². The normalized spacial score (nSPS) is 12.4. The molecule has 0 radical (unpaired) electrons. The van der Waals surface area contributed by atoms with E-state index in [1.807, 2.05) is 30.3 Å². The molecular formula is C12H14N8. The Kier molecular flexibility index (Phi) is 3.15. The molecule has 0 spiro atoms. The second-order valence-electron chi connectivity index (χ2n) is 4.24. The van der Waals surface area contributed by atoms with Gasteiger partial charge in [0, 0.05) is 5.56 Å². The summed E-state index contributed by atoms with van der Waals surface area (Å²) in [6.07, 6.45) is 3.27. The van der Waals surface area contributed by atoms with Crippen molar-refractivity contribution in [2.75, 3.05) is 5.73 Å². The molecule has 0 amide bonds. The molecule has 0 aliphatic rings. The summed E-state index contributed by atoms with van der Waals surface area (Å²) in [7, 11) is 0. The van der Waals surface area contributed by atoms with Gasteiger partial charge in [-0.1, -0.05) is 23.4 Å². The van der Waals surface area contributed by atoms with Gasteiger partial charge in [0.15, 0.2) is 0 Å². The molecule has 2 heterocycles. The highest BCUT2D eigenvalue weighted by molar-refractivity contribution is 5.44. The highest BCUT2D eigenvalue weighted by Crippen LogP contribution is 2.25. The smallest absolute Gasteiger partial charge is 0.124 e. The van der Waals surface area contributed by atoms with Gasteiger partial charge in [-0.25, -0.2) is 10.1 Å². The number of rotatable bonds is 4. The van der Waals surface area contributed by atoms with Crippen molar-refractivity contribution in [3.8, 4) is 5.69 Å². The predicted molar refractivity (Wildman–Crippen MR) is 73.5 cm³/mol. The molecule has 0 aliphatic heterocycles. The molecule has 3 aromatic rings. The highest BCUT2D eigenvalue weighted by Gasteiger charge is 2.22. The van der Waals surface area contributed by atoms with Crippen LogP contribution in [0.3, 0.4) is 0 Å². The number of nitrogens with one attached hydrogen (secondary N) is 2. The fourth-order valence-corrected chi connectivity index (χ4v) is 2.08. The summed E-state index contributed by atoms with van der Waals surface area (Å²) in [6.45, 7) is 0. The Balaban J connectivity index is 2.07. The standard InChI is InChI=1S/C12H14N8/c13-12-9(6-15-18-12)11(17-14)10-7-16-19-20(10)8-4-2-1-3-5-8/h1-7,11,17H,14H2,(H3,13,15,18). The SMILES string of the molecule is NNC(c1cn[nH]c1N)c1cnnn1-c1ccccc1. The third-order valence-electron chi connectivity index (χ3n) is 3.05. The second kappa shape index (κ2) is 5.11. The van der Waals surface area contributed by atoms with Crippen LogP contribution in [0.1, 0.15) is 17.3 Å². The van der Waals surface area contributed by atoms with Crippen LogP contribution in [0.2, 0.25) is 0 Å². The van der Waals surface area contributed by atoms with Crippen LogP contribution < -0.4 is 17.0 Å². The minimum atomic E-state index is -0.357. The van der Waals surface area contributed by atoms with Crippen molar-refractivity contribution >= 4 is 5.82 Å². The number of hydrogen-bond acceptors (Lipinski definition) is 6. The summed E-state index contributed by atoms with van der Waals surface area (Å²) in [4.78, 5) is 0. The molecule has 0 fully saturated rings. The van der Waals surface area contributed by atoms with E-state index in [-0.39, 0.29) is 6.04 Å². The van der Waals surface area contributed by atoms with Gasteiger partial charge >= 0.3 is 0 Å². The number of anilines is 1. The maximum atomic E-state index is 5.85. The van der Waals surface area contributed by atoms with Gasteiger partial charge in [-0.05, 0) is 12.1 Å². The first-order valence-corrected chi connectivity index (χ1v) is 6.02. The fraction of sp³-hybridized carbons (Fsp3) is 0.0833. The van der Waals surface area contributed by atoms with Crippen molar-refractivity contribution in [2.24, 2.45) is 5.84 Å². The third kappa shape index (κ3) is 2.02. The summed E-state index contributed by atoms with van der Waals surface area (Å²) < 4.78 is 1.71. The summed E-state index contributed by atoms with van der Waals surface area (Å²) in [5.41, 5.74) is 11.0. The molecule has 8 nitrogen and oxygen atoms in total. The Bertz CT molecular complexity index is 686. The maximum Gasteiger partial charge on any atom is 0.124 e. The summed E-state index contributed by atoms with van der Waals surface area (Å²) in [6, 6.07) is 9.31. The number of para-hydroxylation sites is 1. The molecule has 20 heavy (non-hydrogen) atoms. The van der Waals surface area contributed by atoms with Crippen molar-refractivity contribution in [1.82, 2.24) is 30.6 Å². The lowest BCUT2D eigenvalue weighted by atomic mass is 10.1. The number of nitrogens with two attached hydrogens (primary N) is 2. The molecule has 3 rings (SSSR count). The largest absolute Gasteiger partial charge is 0.384 e. The molecule has 1 atom stereocenters. The number of aromatic amines is 1. The quantitative estimate of drug-likeness (QED) is 0.394. The molecule has 2 aromatic heterocycles. The lowest BCUT2D eigenvalue weighted by molar-refractivity contribution is 0.597. The number of nitrogens with zero attached hydrogens (tertiary/aromatic N) is 4. The minimum absolute atomic E-state index is 0.357. The van der Waals surface area contributed by atoms with E-state index >= 15 is 0 Å². The van der Waals surface area contributed by atoms with E-state index in [1.54, 1.807) is 17.1 Å². The molecule has 102 valence electrons. The van der Waals surface area contributed by atoms with Gasteiger partial charge in [-0.2, -0.15) is 5.10 Å². The second-order valence-corrected chi connectivity index (χ2v) is 4.24. The average molecular weight is 270 g/mol. The number of hydrogen-bond donors (Lipinski definition) is 4. The van der Waals surface area contributed by atoms with E-state index in [1.165, 1.54) is 0 Å². The van der Waals surface area contributed by atoms with Crippen LogP contribution in [0.25, 0.3) is 5.69 Å². The Labute approximate surface area is 114 Å². The predicted octanol–water partition coefficient (Wildman–Crippen LogP) is 0.125. The van der Waals surface area contributed by atoms with Gasteiger partial charge in [-0.3, -0.25) is 10.9 Å². The number of nitrogen functional groups attached to an aromatic ring is 1. The molecule has 6 N–H and O–H groups in total. The zero-order valence-electron chi connectivity index (χ0n) is 10.6. The summed E-state index contributed by atoms with van der Waals surface area (Å²) >= 11 is 0. The van der Waals surface area contributed by atoms with Crippen molar-refractivity contribution in [2.45, 2.75) is 6.04 Å². The zero-order chi connectivity index (χ0) is 13.9. The number of benzene rings is 1. The van der Waals surface area contributed by atoms with Crippen LogP contribution >= 0.6 is 0 Å². The van der Waals surface area contributed by atoms with Crippen molar-refractivity contribution < 1.29 is 0 Å². The lowest BCUT2D eigenvalue weighted by Crippen LogP contribution is -2.30. The zero-order valence-corrected chi connectivity index (χ0v) is 10.6. The van der Waals surface area contributed by atoms with Gasteiger partial charge in [0.2, 0.25) is 0 Å². The van der Waals surface area contributed by atoms with E-state index in [0.29, 0.717) is 5.82 Å². The average Bonchev–Trinajstić information content (AvgIpc) is 3.11. The van der Waals surface area contributed by atoms with Crippen molar-refractivity contribution in [1.29, 1.82) is 0 Å². The van der Waals surface area contributed by atoms with Gasteiger partial charge in [-0.15, -0.1) is 5.10 Å². The van der Waals surface area contributed by atoms with Crippen LogP contribution in [0.5, 0.6) is 0 Å². The Morgan fingerprint density at radius 3 is 2.65 bits per heavy atom. The van der Waals surface area contributed by atoms with E-state index in [2.05, 4.69) is 25.9 Å². The molecule has 0 bridgehead atoms. The maximum absolute atomic E-state index is 5.85. The number of hydrazine groups is 1. The Hall–Kier alpha value is -2.71. The van der Waals surface area contributed by atoms with E-state index < -0.39 is 0 Å². The first-order valence-electron chi connectivity index (χ1n) is 6.02. The Morgan fingerprint density at radius 1 is 1.20 bits per heavy atom. The van der Waals surface area contributed by atoms with Gasteiger partial charge in [0.05, 0.1) is 29.8 Å². The number of aromatic nitrogens is 5. The molecule has 1 unspecified atom stereocenters. The van der Waals surface area contributed by atoms with E-state index in [9.17, 15) is 0 Å². The fourth-order valence-electron chi connectivity index (χ4n) is 2.08. The molecule has 0 saturated carbocycles. The van der Waals surface area contributed by atoms with Crippen LogP contribution in [0.4, 0.5) is 5.82 Å². The molecule has 0 saturated heterocycles. The van der Waals surface area contributed by atoms with Crippen LogP contribution in [-0.4, -0.2) is 25.2 Å². The molecule has 0 aliphatic carbocycles. The van der Waals surface area contributed by atoms with Crippen LogP contribution in [0.15, 0.2) is 42.7 Å². The molecular weight excluding hydrogens is 256 g/mol. The van der Waals surface area contributed by atoms with Gasteiger partial charge < -0.3 is 5.73 Å².